The SMILES string of the molecule is CCCNCC(C)Cc1c(C)nn(-c2nccs2)c1C. The summed E-state index contributed by atoms with van der Waals surface area (Å²) in [6.45, 7) is 10.9. The topological polar surface area (TPSA) is 42.7 Å². The average molecular weight is 292 g/mol. The predicted octanol–water partition coefficient (Wildman–Crippen LogP) is 3.12. The summed E-state index contributed by atoms with van der Waals surface area (Å²) in [6.07, 6.45) is 4.08. The molecule has 20 heavy (non-hydrogen) atoms. The third-order valence-corrected chi connectivity index (χ3v) is 4.26. The highest BCUT2D eigenvalue weighted by molar-refractivity contribution is 7.12. The second kappa shape index (κ2) is 6.99. The number of hydrogen-bond donors (Lipinski definition) is 1. The van der Waals surface area contributed by atoms with Crippen molar-refractivity contribution in [1.29, 1.82) is 0 Å². The molecule has 0 fully saturated rings. The number of nitrogens with one attached hydrogen (secondary N) is 1. The third kappa shape index (κ3) is 3.46. The first-order valence-corrected chi connectivity index (χ1v) is 8.17. The molecule has 2 aromatic heterocycles. The molecule has 0 amide bonds. The van der Waals surface area contributed by atoms with Gasteiger partial charge < -0.3 is 5.32 Å². The van der Waals surface area contributed by atoms with Gasteiger partial charge in [-0.2, -0.15) is 5.10 Å². The molecule has 0 aliphatic heterocycles. The van der Waals surface area contributed by atoms with Gasteiger partial charge in [-0.1, -0.05) is 13.8 Å². The van der Waals surface area contributed by atoms with Crippen molar-refractivity contribution in [3.8, 4) is 5.13 Å². The van der Waals surface area contributed by atoms with Gasteiger partial charge in [0.1, 0.15) is 0 Å². The molecule has 0 aromatic carbocycles. The van der Waals surface area contributed by atoms with Crippen molar-refractivity contribution in [3.63, 3.8) is 0 Å². The zero-order valence-corrected chi connectivity index (χ0v) is 13.6. The van der Waals surface area contributed by atoms with Crippen LogP contribution in [0.2, 0.25) is 0 Å². The Morgan fingerprint density at radius 1 is 1.40 bits per heavy atom. The molecule has 2 rings (SSSR count). The van der Waals surface area contributed by atoms with Crippen molar-refractivity contribution in [2.45, 2.75) is 40.5 Å². The van der Waals surface area contributed by atoms with E-state index in [2.05, 4.69) is 43.1 Å². The number of aromatic nitrogens is 3. The van der Waals surface area contributed by atoms with Gasteiger partial charge in [0.25, 0.3) is 0 Å². The molecular formula is C15H24N4S. The summed E-state index contributed by atoms with van der Waals surface area (Å²) < 4.78 is 1.97. The van der Waals surface area contributed by atoms with Crippen LogP contribution in [0.25, 0.3) is 5.13 Å². The molecule has 1 unspecified atom stereocenters. The summed E-state index contributed by atoms with van der Waals surface area (Å²) in [4.78, 5) is 4.35. The Morgan fingerprint density at radius 3 is 2.85 bits per heavy atom. The Balaban J connectivity index is 2.09. The Bertz CT molecular complexity index is 530. The summed E-state index contributed by atoms with van der Waals surface area (Å²) >= 11 is 1.62. The van der Waals surface area contributed by atoms with Crippen molar-refractivity contribution < 1.29 is 0 Å². The Labute approximate surface area is 125 Å². The molecule has 110 valence electrons. The first kappa shape index (κ1) is 15.2. The fraction of sp³-hybridized carbons (Fsp3) is 0.600. The van der Waals surface area contributed by atoms with Crippen LogP contribution in [-0.2, 0) is 6.42 Å². The molecule has 0 saturated carbocycles. The molecule has 0 spiro atoms. The van der Waals surface area contributed by atoms with E-state index in [1.54, 1.807) is 11.3 Å². The highest BCUT2D eigenvalue weighted by Gasteiger charge is 2.16. The minimum Gasteiger partial charge on any atom is -0.316 e. The predicted molar refractivity (Wildman–Crippen MR) is 84.7 cm³/mol. The van der Waals surface area contributed by atoms with Crippen LogP contribution in [0.15, 0.2) is 11.6 Å². The number of thiazole rings is 1. The van der Waals surface area contributed by atoms with Crippen LogP contribution in [0.1, 0.15) is 37.2 Å². The van der Waals surface area contributed by atoms with Gasteiger partial charge in [-0.3, -0.25) is 0 Å². The summed E-state index contributed by atoms with van der Waals surface area (Å²) in [5, 5.41) is 11.1. The largest absolute Gasteiger partial charge is 0.316 e. The maximum atomic E-state index is 4.65. The van der Waals surface area contributed by atoms with Crippen LogP contribution in [0.5, 0.6) is 0 Å². The third-order valence-electron chi connectivity index (χ3n) is 3.51. The van der Waals surface area contributed by atoms with Crippen LogP contribution in [0.3, 0.4) is 0 Å². The smallest absolute Gasteiger partial charge is 0.210 e. The number of hydrogen-bond acceptors (Lipinski definition) is 4. The minimum atomic E-state index is 0.618. The second-order valence-corrected chi connectivity index (χ2v) is 6.26. The number of aryl methyl sites for hydroxylation is 1. The second-order valence-electron chi connectivity index (χ2n) is 5.39. The summed E-state index contributed by atoms with van der Waals surface area (Å²) in [5.74, 6) is 0.618. The minimum absolute atomic E-state index is 0.618. The highest BCUT2D eigenvalue weighted by atomic mass is 32.1. The highest BCUT2D eigenvalue weighted by Crippen LogP contribution is 2.21. The summed E-state index contributed by atoms with van der Waals surface area (Å²) in [6, 6.07) is 0. The summed E-state index contributed by atoms with van der Waals surface area (Å²) in [7, 11) is 0. The van der Waals surface area contributed by atoms with E-state index in [0.717, 1.165) is 30.3 Å². The van der Waals surface area contributed by atoms with Crippen LogP contribution >= 0.6 is 11.3 Å². The van der Waals surface area contributed by atoms with Gasteiger partial charge in [-0.15, -0.1) is 11.3 Å². The van der Waals surface area contributed by atoms with Crippen molar-refractivity contribution in [1.82, 2.24) is 20.1 Å². The van der Waals surface area contributed by atoms with E-state index < -0.39 is 0 Å². The lowest BCUT2D eigenvalue weighted by atomic mass is 9.99. The first-order valence-electron chi connectivity index (χ1n) is 7.29. The van der Waals surface area contributed by atoms with E-state index in [0.29, 0.717) is 5.92 Å². The molecule has 5 heteroatoms. The van der Waals surface area contributed by atoms with Gasteiger partial charge >= 0.3 is 0 Å². The van der Waals surface area contributed by atoms with E-state index in [4.69, 9.17) is 0 Å². The summed E-state index contributed by atoms with van der Waals surface area (Å²) in [5.41, 5.74) is 3.71. The molecule has 1 atom stereocenters. The lowest BCUT2D eigenvalue weighted by Gasteiger charge is -2.12. The lowest BCUT2D eigenvalue weighted by molar-refractivity contribution is 0.509. The zero-order chi connectivity index (χ0) is 14.5. The van der Waals surface area contributed by atoms with E-state index in [-0.39, 0.29) is 0 Å². The molecule has 0 radical (unpaired) electrons. The van der Waals surface area contributed by atoms with E-state index in [9.17, 15) is 0 Å². The standard InChI is InChI=1S/C15H24N4S/c1-5-6-16-10-11(2)9-14-12(3)18-19(13(14)4)15-17-7-8-20-15/h7-8,11,16H,5-6,9-10H2,1-4H3. The van der Waals surface area contributed by atoms with Crippen molar-refractivity contribution in [2.24, 2.45) is 5.92 Å². The van der Waals surface area contributed by atoms with E-state index in [1.165, 1.54) is 17.7 Å². The van der Waals surface area contributed by atoms with Crippen LogP contribution in [-0.4, -0.2) is 27.9 Å². The monoisotopic (exact) mass is 292 g/mol. The fourth-order valence-electron chi connectivity index (χ4n) is 2.42. The Morgan fingerprint density at radius 2 is 2.20 bits per heavy atom. The van der Waals surface area contributed by atoms with Crippen molar-refractivity contribution >= 4 is 11.3 Å². The maximum absolute atomic E-state index is 4.65. The van der Waals surface area contributed by atoms with Gasteiger partial charge in [0.05, 0.1) is 5.69 Å². The van der Waals surface area contributed by atoms with Gasteiger partial charge in [-0.05, 0) is 51.3 Å². The molecule has 0 aliphatic carbocycles. The van der Waals surface area contributed by atoms with Gasteiger partial charge in [0, 0.05) is 17.3 Å². The molecule has 2 aromatic rings. The zero-order valence-electron chi connectivity index (χ0n) is 12.8. The Hall–Kier alpha value is -1.20. The van der Waals surface area contributed by atoms with Crippen LogP contribution in [0.4, 0.5) is 0 Å². The number of rotatable bonds is 7. The maximum Gasteiger partial charge on any atom is 0.210 e. The van der Waals surface area contributed by atoms with Crippen LogP contribution < -0.4 is 5.32 Å². The van der Waals surface area contributed by atoms with E-state index in [1.807, 2.05) is 16.3 Å². The van der Waals surface area contributed by atoms with Gasteiger partial charge in [0.15, 0.2) is 0 Å². The lowest BCUT2D eigenvalue weighted by Crippen LogP contribution is -2.23. The molecule has 0 saturated heterocycles. The Kier molecular flexibility index (Phi) is 5.31. The number of nitrogens with zero attached hydrogens (tertiary/aromatic N) is 3. The molecule has 0 bridgehead atoms. The fourth-order valence-corrected chi connectivity index (χ4v) is 3.07. The van der Waals surface area contributed by atoms with E-state index >= 15 is 0 Å². The molecule has 1 N–H and O–H groups in total. The molecular weight excluding hydrogens is 268 g/mol. The van der Waals surface area contributed by atoms with Gasteiger partial charge in [-0.25, -0.2) is 9.67 Å². The first-order chi connectivity index (χ1) is 9.63. The molecule has 0 aliphatic rings. The quantitative estimate of drug-likeness (QED) is 0.797. The normalized spacial score (nSPS) is 12.8. The van der Waals surface area contributed by atoms with Crippen molar-refractivity contribution in [2.75, 3.05) is 13.1 Å². The average Bonchev–Trinajstić information content (AvgIpc) is 3.02. The van der Waals surface area contributed by atoms with Crippen LogP contribution in [0, 0.1) is 19.8 Å². The molecule has 2 heterocycles. The molecule has 4 nitrogen and oxygen atoms in total. The van der Waals surface area contributed by atoms with Gasteiger partial charge in [0.2, 0.25) is 5.13 Å². The van der Waals surface area contributed by atoms with Crippen molar-refractivity contribution in [3.05, 3.63) is 28.5 Å².